The number of pyridine rings is 2. The summed E-state index contributed by atoms with van der Waals surface area (Å²) >= 11 is 3.52. The van der Waals surface area contributed by atoms with Crippen molar-refractivity contribution in [2.45, 2.75) is 38.7 Å². The van der Waals surface area contributed by atoms with Crippen molar-refractivity contribution in [1.29, 1.82) is 0 Å². The molecule has 2 unspecified atom stereocenters. The van der Waals surface area contributed by atoms with Crippen molar-refractivity contribution in [2.24, 2.45) is 0 Å². The number of ether oxygens (including phenoxy) is 1. The normalized spacial score (nSPS) is 17.4. The SMILES string of the molecule is Cc1ccc(C(CO)Nc2ccc3c(c2)Sc2cccc(C4CN(c5cc[nH]c(=O)c5)CCO4)c2S3)nc1. The van der Waals surface area contributed by atoms with Gasteiger partial charge in [0.15, 0.2) is 0 Å². The van der Waals surface area contributed by atoms with Gasteiger partial charge >= 0.3 is 0 Å². The number of nitrogens with one attached hydrogen (secondary N) is 2. The Bertz CT molecular complexity index is 1510. The number of hydrogen-bond acceptors (Lipinski definition) is 8. The fourth-order valence-electron chi connectivity index (χ4n) is 4.77. The van der Waals surface area contributed by atoms with Gasteiger partial charge in [-0.05, 0) is 54.4 Å². The number of H-pyrrole nitrogens is 1. The summed E-state index contributed by atoms with van der Waals surface area (Å²) in [5.74, 6) is 0. The van der Waals surface area contributed by atoms with E-state index in [-0.39, 0.29) is 24.3 Å². The highest BCUT2D eigenvalue weighted by atomic mass is 32.2. The van der Waals surface area contributed by atoms with Gasteiger partial charge in [-0.25, -0.2) is 0 Å². The van der Waals surface area contributed by atoms with Crippen molar-refractivity contribution in [2.75, 3.05) is 36.5 Å². The van der Waals surface area contributed by atoms with Crippen molar-refractivity contribution in [1.82, 2.24) is 9.97 Å². The van der Waals surface area contributed by atoms with Crippen LogP contribution in [0.3, 0.4) is 0 Å². The topological polar surface area (TPSA) is 90.5 Å². The number of anilines is 2. The number of nitrogens with zero attached hydrogens (tertiary/aromatic N) is 2. The maximum Gasteiger partial charge on any atom is 0.249 e. The Balaban J connectivity index is 1.22. The maximum atomic E-state index is 11.8. The molecule has 194 valence electrons. The molecule has 0 aliphatic carbocycles. The van der Waals surface area contributed by atoms with Crippen LogP contribution in [-0.2, 0) is 4.74 Å². The molecule has 0 saturated carbocycles. The van der Waals surface area contributed by atoms with Crippen LogP contribution in [0.15, 0.2) is 97.4 Å². The quantitative estimate of drug-likeness (QED) is 0.261. The Labute approximate surface area is 229 Å². The Kier molecular flexibility index (Phi) is 7.16. The fraction of sp³-hybridized carbons (Fsp3) is 0.241. The number of aliphatic hydroxyl groups excluding tert-OH is 1. The predicted octanol–water partition coefficient (Wildman–Crippen LogP) is 5.42. The third-order valence-electron chi connectivity index (χ3n) is 6.74. The summed E-state index contributed by atoms with van der Waals surface area (Å²) in [5.41, 5.74) is 4.85. The molecular weight excluding hydrogens is 516 g/mol. The van der Waals surface area contributed by atoms with Crippen molar-refractivity contribution in [3.63, 3.8) is 0 Å². The van der Waals surface area contributed by atoms with Crippen LogP contribution in [0.4, 0.5) is 11.4 Å². The predicted molar refractivity (Wildman–Crippen MR) is 152 cm³/mol. The molecule has 0 spiro atoms. The number of fused-ring (bicyclic) bond motifs is 2. The molecule has 4 heterocycles. The highest BCUT2D eigenvalue weighted by molar-refractivity contribution is 8.05. The minimum atomic E-state index is -0.277. The summed E-state index contributed by atoms with van der Waals surface area (Å²) in [5, 5.41) is 13.4. The van der Waals surface area contributed by atoms with Gasteiger partial charge in [-0.2, -0.15) is 0 Å². The van der Waals surface area contributed by atoms with Gasteiger partial charge in [0.05, 0.1) is 24.9 Å². The molecule has 0 radical (unpaired) electrons. The van der Waals surface area contributed by atoms with Crippen molar-refractivity contribution >= 4 is 34.9 Å². The molecule has 2 aromatic carbocycles. The van der Waals surface area contributed by atoms with Crippen LogP contribution in [0.1, 0.15) is 29.0 Å². The van der Waals surface area contributed by atoms with Crippen LogP contribution < -0.4 is 15.8 Å². The van der Waals surface area contributed by atoms with Gasteiger partial charge in [0.2, 0.25) is 5.56 Å². The number of aromatic nitrogens is 2. The monoisotopic (exact) mass is 544 g/mol. The lowest BCUT2D eigenvalue weighted by molar-refractivity contribution is 0.0379. The smallest absolute Gasteiger partial charge is 0.249 e. The second kappa shape index (κ2) is 10.9. The highest BCUT2D eigenvalue weighted by Gasteiger charge is 2.28. The van der Waals surface area contributed by atoms with Gasteiger partial charge < -0.3 is 25.0 Å². The first-order valence-electron chi connectivity index (χ1n) is 12.6. The third kappa shape index (κ3) is 5.19. The van der Waals surface area contributed by atoms with Crippen LogP contribution in [0.25, 0.3) is 0 Å². The molecule has 1 saturated heterocycles. The van der Waals surface area contributed by atoms with E-state index in [1.165, 1.54) is 25.1 Å². The van der Waals surface area contributed by atoms with E-state index in [4.69, 9.17) is 4.74 Å². The summed E-state index contributed by atoms with van der Waals surface area (Å²) in [7, 11) is 0. The first-order chi connectivity index (χ1) is 18.6. The van der Waals surface area contributed by atoms with Crippen molar-refractivity contribution in [3.05, 3.63) is 100 Å². The van der Waals surface area contributed by atoms with Gasteiger partial charge in [0, 0.05) is 62.5 Å². The first kappa shape index (κ1) is 25.1. The van der Waals surface area contributed by atoms with Crippen LogP contribution >= 0.6 is 23.5 Å². The minimum Gasteiger partial charge on any atom is -0.394 e. The van der Waals surface area contributed by atoms with E-state index in [0.717, 1.165) is 29.2 Å². The van der Waals surface area contributed by atoms with E-state index in [1.54, 1.807) is 35.8 Å². The maximum absolute atomic E-state index is 11.8. The molecule has 3 N–H and O–H groups in total. The van der Waals surface area contributed by atoms with Crippen molar-refractivity contribution in [3.8, 4) is 0 Å². The molecule has 7 nitrogen and oxygen atoms in total. The second-order valence-corrected chi connectivity index (χ2v) is 11.5. The number of morpholine rings is 1. The Hall–Kier alpha value is -3.24. The average Bonchev–Trinajstić information content (AvgIpc) is 2.95. The number of aryl methyl sites for hydroxylation is 1. The lowest BCUT2D eigenvalue weighted by Gasteiger charge is -2.36. The molecule has 0 bridgehead atoms. The summed E-state index contributed by atoms with van der Waals surface area (Å²) < 4.78 is 6.23. The molecule has 1 fully saturated rings. The molecule has 38 heavy (non-hydrogen) atoms. The lowest BCUT2D eigenvalue weighted by Crippen LogP contribution is -2.39. The minimum absolute atomic E-state index is 0.0446. The van der Waals surface area contributed by atoms with E-state index in [1.807, 2.05) is 31.3 Å². The molecule has 2 aliphatic heterocycles. The van der Waals surface area contributed by atoms with Crippen LogP contribution in [0.2, 0.25) is 0 Å². The highest BCUT2D eigenvalue weighted by Crippen LogP contribution is 2.52. The largest absolute Gasteiger partial charge is 0.394 e. The van der Waals surface area contributed by atoms with Crippen LogP contribution in [0, 0.1) is 6.92 Å². The number of benzene rings is 2. The number of rotatable bonds is 6. The zero-order valence-corrected chi connectivity index (χ0v) is 22.5. The van der Waals surface area contributed by atoms with E-state index >= 15 is 0 Å². The lowest BCUT2D eigenvalue weighted by atomic mass is 10.1. The number of aromatic amines is 1. The van der Waals surface area contributed by atoms with E-state index in [2.05, 4.69) is 56.6 Å². The zero-order chi connectivity index (χ0) is 26.1. The van der Waals surface area contributed by atoms with E-state index in [9.17, 15) is 9.90 Å². The molecule has 6 rings (SSSR count). The van der Waals surface area contributed by atoms with Gasteiger partial charge in [-0.3, -0.25) is 9.78 Å². The van der Waals surface area contributed by atoms with E-state index < -0.39 is 0 Å². The molecule has 9 heteroatoms. The number of hydrogen-bond donors (Lipinski definition) is 3. The van der Waals surface area contributed by atoms with E-state index in [0.29, 0.717) is 13.2 Å². The summed E-state index contributed by atoms with van der Waals surface area (Å²) in [6.07, 6.45) is 3.43. The molecular formula is C29H28N4O3S2. The van der Waals surface area contributed by atoms with Gasteiger partial charge in [0.1, 0.15) is 6.10 Å². The van der Waals surface area contributed by atoms with Gasteiger partial charge in [-0.1, -0.05) is 41.7 Å². The standard InChI is InChI=1S/C29H28N4O3S2/c1-18-5-7-22(31-15-18)23(17-34)32-19-6-8-25-27(13-19)37-26-4-2-3-21(29(26)38-25)24-16-33(11-12-36-24)20-9-10-30-28(35)14-20/h2-10,13-15,23-24,32,34H,11-12,16-17H2,1H3,(H,30,35). The Morgan fingerprint density at radius 3 is 2.87 bits per heavy atom. The van der Waals surface area contributed by atoms with Crippen molar-refractivity contribution < 1.29 is 9.84 Å². The zero-order valence-electron chi connectivity index (χ0n) is 20.9. The van der Waals surface area contributed by atoms with Gasteiger partial charge in [-0.15, -0.1) is 0 Å². The summed E-state index contributed by atoms with van der Waals surface area (Å²) in [6.45, 7) is 4.00. The molecule has 2 aliphatic rings. The Morgan fingerprint density at radius 2 is 2.05 bits per heavy atom. The summed E-state index contributed by atoms with van der Waals surface area (Å²) in [6, 6.07) is 20.0. The first-order valence-corrected chi connectivity index (χ1v) is 14.2. The summed E-state index contributed by atoms with van der Waals surface area (Å²) in [4.78, 5) is 26.0. The second-order valence-electron chi connectivity index (χ2n) is 9.40. The molecule has 2 aromatic heterocycles. The number of aliphatic hydroxyl groups is 1. The van der Waals surface area contributed by atoms with Gasteiger partial charge in [0.25, 0.3) is 0 Å². The Morgan fingerprint density at radius 1 is 1.13 bits per heavy atom. The van der Waals surface area contributed by atoms with Crippen LogP contribution in [-0.4, -0.2) is 41.4 Å². The molecule has 2 atom stereocenters. The fourth-order valence-corrected chi connectivity index (χ4v) is 7.22. The third-order valence-corrected chi connectivity index (χ3v) is 9.35. The average molecular weight is 545 g/mol. The van der Waals surface area contributed by atoms with Crippen LogP contribution in [0.5, 0.6) is 0 Å². The molecule has 0 amide bonds. The molecule has 4 aromatic rings.